The predicted octanol–water partition coefficient (Wildman–Crippen LogP) is -0.350. The molecule has 2 fully saturated rings. The van der Waals surface area contributed by atoms with Crippen LogP contribution in [-0.4, -0.2) is 92.6 Å². The third-order valence-corrected chi connectivity index (χ3v) is 7.83. The third kappa shape index (κ3) is 2.95. The van der Waals surface area contributed by atoms with Crippen LogP contribution in [0.3, 0.4) is 0 Å². The van der Waals surface area contributed by atoms with Crippen molar-refractivity contribution in [3.05, 3.63) is 46.2 Å². The van der Waals surface area contributed by atoms with Crippen molar-refractivity contribution in [2.24, 2.45) is 17.6 Å². The summed E-state index contributed by atoms with van der Waals surface area (Å²) in [6, 6.07) is 3.72. The Bertz CT molecular complexity index is 1180. The molecule has 1 aliphatic heterocycles. The number of primary amides is 1. The van der Waals surface area contributed by atoms with Crippen LogP contribution in [0, 0.1) is 11.8 Å². The fourth-order valence-corrected chi connectivity index (χ4v) is 6.11. The molecule has 0 bridgehead atoms. The molecule has 34 heavy (non-hydrogen) atoms. The van der Waals surface area contributed by atoms with Gasteiger partial charge in [-0.2, -0.15) is 0 Å². The van der Waals surface area contributed by atoms with Gasteiger partial charge in [-0.15, -0.1) is 0 Å². The van der Waals surface area contributed by atoms with Crippen molar-refractivity contribution in [2.75, 3.05) is 33.2 Å². The first-order valence-electron chi connectivity index (χ1n) is 11.3. The van der Waals surface area contributed by atoms with Gasteiger partial charge in [0.25, 0.3) is 5.91 Å². The molecule has 4 atom stereocenters. The molecule has 10 nitrogen and oxygen atoms in total. The number of aliphatic hydroxyl groups excluding tert-OH is 2. The summed E-state index contributed by atoms with van der Waals surface area (Å²) >= 11 is 0. The van der Waals surface area contributed by atoms with E-state index >= 15 is 0 Å². The molecule has 0 aromatic heterocycles. The zero-order valence-electron chi connectivity index (χ0n) is 18.7. The highest BCUT2D eigenvalue weighted by Crippen LogP contribution is 2.52. The van der Waals surface area contributed by atoms with Gasteiger partial charge in [-0.05, 0) is 37.4 Å². The lowest BCUT2D eigenvalue weighted by atomic mass is 9.57. The number of Topliss-reactive ketones (excluding diaryl/α,β-unsaturated/α-hetero) is 2. The van der Waals surface area contributed by atoms with Gasteiger partial charge in [0.15, 0.2) is 11.4 Å². The molecule has 1 aromatic rings. The number of carbonyl (C=O) groups excluding carboxylic acids is 3. The maximum absolute atomic E-state index is 13.8. The molecule has 6 N–H and O–H groups in total. The van der Waals surface area contributed by atoms with E-state index in [1.807, 2.05) is 11.9 Å². The summed E-state index contributed by atoms with van der Waals surface area (Å²) in [5, 5.41) is 43.9. The number of aromatic hydroxyl groups is 1. The molecule has 1 saturated heterocycles. The molecule has 0 spiro atoms. The van der Waals surface area contributed by atoms with Gasteiger partial charge < -0.3 is 31.1 Å². The van der Waals surface area contributed by atoms with E-state index in [1.165, 1.54) is 6.07 Å². The number of nitrogens with zero attached hydrogens (tertiary/aromatic N) is 2. The normalized spacial score (nSPS) is 32.4. The minimum Gasteiger partial charge on any atom is -0.508 e. The Morgan fingerprint density at radius 3 is 2.44 bits per heavy atom. The number of fused-ring (bicyclic) bond motifs is 3. The molecule has 180 valence electrons. The highest BCUT2D eigenvalue weighted by atomic mass is 16.3. The Morgan fingerprint density at radius 2 is 1.79 bits per heavy atom. The van der Waals surface area contributed by atoms with Crippen LogP contribution in [0.4, 0.5) is 0 Å². The van der Waals surface area contributed by atoms with Crippen LogP contribution >= 0.6 is 0 Å². The Morgan fingerprint density at radius 1 is 1.12 bits per heavy atom. The van der Waals surface area contributed by atoms with Crippen LogP contribution in [0.5, 0.6) is 5.75 Å². The van der Waals surface area contributed by atoms with Gasteiger partial charge in [0, 0.05) is 37.7 Å². The van der Waals surface area contributed by atoms with Gasteiger partial charge in [0.1, 0.15) is 22.8 Å². The van der Waals surface area contributed by atoms with E-state index in [2.05, 4.69) is 4.90 Å². The number of phenols is 1. The monoisotopic (exact) mass is 469 g/mol. The average Bonchev–Trinajstić information content (AvgIpc) is 2.77. The topological polar surface area (TPSA) is 165 Å². The minimum atomic E-state index is -2.60. The maximum atomic E-state index is 13.8. The van der Waals surface area contributed by atoms with Gasteiger partial charge in [-0.3, -0.25) is 19.3 Å². The summed E-state index contributed by atoms with van der Waals surface area (Å²) in [6.07, 6.45) is 0.411. The van der Waals surface area contributed by atoms with Crippen molar-refractivity contribution >= 4 is 23.2 Å². The maximum Gasteiger partial charge on any atom is 0.255 e. The summed E-state index contributed by atoms with van der Waals surface area (Å²) in [7, 11) is 1.94. The minimum absolute atomic E-state index is 0.102. The number of hydrogen-bond donors (Lipinski definition) is 5. The van der Waals surface area contributed by atoms with E-state index in [0.29, 0.717) is 38.2 Å². The second kappa shape index (κ2) is 7.66. The van der Waals surface area contributed by atoms with Gasteiger partial charge in [-0.25, -0.2) is 0 Å². The molecule has 3 aliphatic carbocycles. The van der Waals surface area contributed by atoms with Crippen LogP contribution in [-0.2, 0) is 20.8 Å². The van der Waals surface area contributed by atoms with Gasteiger partial charge in [-0.1, -0.05) is 12.1 Å². The number of hydrogen-bond acceptors (Lipinski definition) is 9. The highest BCUT2D eigenvalue weighted by molar-refractivity contribution is 6.24. The molecule has 1 aromatic carbocycles. The summed E-state index contributed by atoms with van der Waals surface area (Å²) in [5.41, 5.74) is 2.63. The van der Waals surface area contributed by atoms with Crippen molar-refractivity contribution in [1.29, 1.82) is 0 Å². The zero-order chi connectivity index (χ0) is 24.5. The van der Waals surface area contributed by atoms with Gasteiger partial charge in [0.05, 0.1) is 11.6 Å². The second-order valence-corrected chi connectivity index (χ2v) is 9.65. The first-order valence-corrected chi connectivity index (χ1v) is 11.3. The van der Waals surface area contributed by atoms with E-state index < -0.39 is 58.0 Å². The fourth-order valence-electron chi connectivity index (χ4n) is 6.11. The number of ketones is 2. The van der Waals surface area contributed by atoms with E-state index in [4.69, 9.17) is 5.73 Å². The number of nitrogens with two attached hydrogens (primary N) is 1. The second-order valence-electron chi connectivity index (χ2n) is 9.65. The highest BCUT2D eigenvalue weighted by Gasteiger charge is 2.64. The van der Waals surface area contributed by atoms with Crippen LogP contribution in [0.25, 0.3) is 5.76 Å². The lowest BCUT2D eigenvalue weighted by molar-refractivity contribution is -0.155. The van der Waals surface area contributed by atoms with Crippen LogP contribution in [0.2, 0.25) is 0 Å². The summed E-state index contributed by atoms with van der Waals surface area (Å²) < 4.78 is 0. The Labute approximate surface area is 195 Å². The summed E-state index contributed by atoms with van der Waals surface area (Å²) in [6.45, 7) is 2.23. The Kier molecular flexibility index (Phi) is 5.08. The number of rotatable bonds is 2. The number of carbonyl (C=O) groups is 3. The predicted molar refractivity (Wildman–Crippen MR) is 120 cm³/mol. The smallest absolute Gasteiger partial charge is 0.255 e. The van der Waals surface area contributed by atoms with Crippen molar-refractivity contribution in [3.8, 4) is 5.75 Å². The Balaban J connectivity index is 1.69. The lowest BCUT2D eigenvalue weighted by Crippen LogP contribution is -2.68. The molecule has 1 heterocycles. The number of aliphatic hydroxyl groups is 3. The molecule has 4 unspecified atom stereocenters. The number of piperazine rings is 1. The van der Waals surface area contributed by atoms with Crippen LogP contribution in [0.15, 0.2) is 35.1 Å². The molecular formula is C24H27N3O7. The van der Waals surface area contributed by atoms with Crippen molar-refractivity contribution < 1.29 is 34.8 Å². The molecule has 1 saturated carbocycles. The van der Waals surface area contributed by atoms with Gasteiger partial charge >= 0.3 is 0 Å². The van der Waals surface area contributed by atoms with E-state index in [0.717, 1.165) is 0 Å². The zero-order valence-corrected chi connectivity index (χ0v) is 18.7. The first kappa shape index (κ1) is 22.6. The Hall–Kier alpha value is -3.21. The summed E-state index contributed by atoms with van der Waals surface area (Å²) in [4.78, 5) is 43.3. The SMILES string of the molecule is CN1CCN(C2C(=O)C(C(N)=O)=C(O)C3(O)C(=O)C4=C(O)c5c(O)cccc5CC4CC23)CC1. The molecular weight excluding hydrogens is 442 g/mol. The van der Waals surface area contributed by atoms with E-state index in [9.17, 15) is 34.8 Å². The number of likely N-dealkylation sites (N-methyl/N-ethyl adjacent to an activating group) is 1. The average molecular weight is 469 g/mol. The fraction of sp³-hybridized carbons (Fsp3) is 0.458. The van der Waals surface area contributed by atoms with E-state index in [1.54, 1.807) is 12.1 Å². The molecule has 0 radical (unpaired) electrons. The molecule has 1 amide bonds. The summed E-state index contributed by atoms with van der Waals surface area (Å²) in [5.74, 6) is -6.25. The molecule has 5 rings (SSSR count). The number of benzene rings is 1. The molecule has 4 aliphatic rings. The standard InChI is InChI=1S/C24H27N3O7/c1-26-5-7-27(8-6-26)18-13-10-12-9-11-3-2-4-14(28)15(11)19(29)16(12)21(31)24(13,34)22(32)17(20(18)30)23(25)33/h2-4,12-13,18,28-29,32,34H,5-10H2,1H3,(H2,25,33). The largest absolute Gasteiger partial charge is 0.508 e. The number of amides is 1. The van der Waals surface area contributed by atoms with E-state index in [-0.39, 0.29) is 23.3 Å². The first-order chi connectivity index (χ1) is 16.1. The van der Waals surface area contributed by atoms with Gasteiger partial charge in [0.2, 0.25) is 5.78 Å². The quantitative estimate of drug-likeness (QED) is 0.364. The van der Waals surface area contributed by atoms with Crippen molar-refractivity contribution in [3.63, 3.8) is 0 Å². The van der Waals surface area contributed by atoms with Crippen molar-refractivity contribution in [1.82, 2.24) is 9.80 Å². The van der Waals surface area contributed by atoms with Crippen LogP contribution < -0.4 is 5.73 Å². The van der Waals surface area contributed by atoms with Crippen molar-refractivity contribution in [2.45, 2.75) is 24.5 Å². The van der Waals surface area contributed by atoms with Crippen LogP contribution in [0.1, 0.15) is 17.5 Å². The lowest BCUT2D eigenvalue weighted by Gasteiger charge is -2.52. The number of phenolic OH excluding ortho intramolecular Hbond substituents is 1. The third-order valence-electron chi connectivity index (χ3n) is 7.83. The molecule has 10 heteroatoms.